The lowest BCUT2D eigenvalue weighted by Crippen LogP contribution is -2.28. The average molecular weight is 393 g/mol. The Morgan fingerprint density at radius 2 is 1.86 bits per heavy atom. The molecule has 0 aliphatic carbocycles. The lowest BCUT2D eigenvalue weighted by atomic mass is 10.2. The van der Waals surface area contributed by atoms with Gasteiger partial charge in [0.2, 0.25) is 5.91 Å². The van der Waals surface area contributed by atoms with Crippen LogP contribution in [0.15, 0.2) is 69.3 Å². The monoisotopic (exact) mass is 393 g/mol. The van der Waals surface area contributed by atoms with Crippen LogP contribution in [0.3, 0.4) is 0 Å². The molecule has 0 atom stereocenters. The van der Waals surface area contributed by atoms with Crippen LogP contribution in [-0.2, 0) is 17.8 Å². The van der Waals surface area contributed by atoms with Crippen LogP contribution in [-0.4, -0.2) is 27.3 Å². The number of aromatic nitrogens is 3. The molecule has 1 heterocycles. The van der Waals surface area contributed by atoms with Crippen molar-refractivity contribution in [1.29, 1.82) is 0 Å². The third kappa shape index (κ3) is 6.28. The van der Waals surface area contributed by atoms with Crippen LogP contribution in [0.4, 0.5) is 0 Å². The topological polar surface area (TPSA) is 129 Å². The summed E-state index contributed by atoms with van der Waals surface area (Å²) in [5.74, 6) is 0.352. The predicted octanol–water partition coefficient (Wildman–Crippen LogP) is 1.12. The van der Waals surface area contributed by atoms with E-state index < -0.39 is 11.2 Å². The highest BCUT2D eigenvalue weighted by molar-refractivity contribution is 5.82. The first-order chi connectivity index (χ1) is 14.1. The van der Waals surface area contributed by atoms with Crippen LogP contribution in [0, 0.1) is 0 Å². The van der Waals surface area contributed by atoms with Crippen LogP contribution in [0.5, 0.6) is 5.75 Å². The number of nitrogens with zero attached hydrogens (tertiary/aromatic N) is 2. The van der Waals surface area contributed by atoms with Crippen LogP contribution in [0.1, 0.15) is 23.2 Å². The van der Waals surface area contributed by atoms with Crippen molar-refractivity contribution in [3.05, 3.63) is 92.3 Å². The summed E-state index contributed by atoms with van der Waals surface area (Å²) in [4.78, 5) is 36.2. The fourth-order valence-electron chi connectivity index (χ4n) is 2.40. The molecule has 29 heavy (non-hydrogen) atoms. The SMILES string of the molecule is O=C(CCc1n[nH]c(=O)[nH]c1=O)N/N=C\c1ccc(OCc2ccccc2)cc1. The molecule has 3 aromatic rings. The van der Waals surface area contributed by atoms with Crippen molar-refractivity contribution in [1.82, 2.24) is 20.6 Å². The second-order valence-electron chi connectivity index (χ2n) is 6.09. The number of hydrogen-bond donors (Lipinski definition) is 3. The Labute approximate surface area is 165 Å². The quantitative estimate of drug-likeness (QED) is 0.390. The van der Waals surface area contributed by atoms with Crippen molar-refractivity contribution < 1.29 is 9.53 Å². The fraction of sp³-hybridized carbons (Fsp3) is 0.150. The Balaban J connectivity index is 1.44. The lowest BCUT2D eigenvalue weighted by Gasteiger charge is -2.06. The number of hydrazone groups is 1. The molecule has 0 spiro atoms. The first kappa shape index (κ1) is 19.7. The van der Waals surface area contributed by atoms with Gasteiger partial charge < -0.3 is 4.74 Å². The highest BCUT2D eigenvalue weighted by Gasteiger charge is 2.06. The molecule has 0 radical (unpaired) electrons. The molecule has 1 aromatic heterocycles. The van der Waals surface area contributed by atoms with E-state index in [4.69, 9.17) is 4.74 Å². The minimum Gasteiger partial charge on any atom is -0.489 e. The fourth-order valence-corrected chi connectivity index (χ4v) is 2.40. The van der Waals surface area contributed by atoms with E-state index in [-0.39, 0.29) is 24.4 Å². The summed E-state index contributed by atoms with van der Waals surface area (Å²) in [5.41, 5.74) is 3.03. The van der Waals surface area contributed by atoms with Gasteiger partial charge in [-0.3, -0.25) is 14.6 Å². The molecule has 0 aliphatic heterocycles. The van der Waals surface area contributed by atoms with Gasteiger partial charge in [-0.25, -0.2) is 15.3 Å². The molecule has 0 fully saturated rings. The van der Waals surface area contributed by atoms with Crippen molar-refractivity contribution in [2.45, 2.75) is 19.4 Å². The molecule has 0 unspecified atom stereocenters. The van der Waals surface area contributed by atoms with Gasteiger partial charge in [0.05, 0.1) is 6.21 Å². The zero-order valence-electron chi connectivity index (χ0n) is 15.4. The van der Waals surface area contributed by atoms with Gasteiger partial charge in [-0.2, -0.15) is 10.2 Å². The number of carbonyl (C=O) groups excluding carboxylic acids is 1. The number of rotatable bonds is 8. The standard InChI is InChI=1S/C20H19N5O4/c26-18(11-10-17-19(27)22-20(28)25-23-17)24-21-12-14-6-8-16(9-7-14)29-13-15-4-2-1-3-5-15/h1-9,12H,10-11,13H2,(H,24,26)(H2,22,25,27,28)/b21-12-. The number of nitrogens with one attached hydrogen (secondary N) is 3. The molecule has 9 nitrogen and oxygen atoms in total. The normalized spacial score (nSPS) is 10.8. The second kappa shape index (κ2) is 9.79. The van der Waals surface area contributed by atoms with Gasteiger partial charge in [0.15, 0.2) is 0 Å². The number of aryl methyl sites for hydroxylation is 1. The number of aromatic amines is 2. The van der Waals surface area contributed by atoms with Gasteiger partial charge in [0, 0.05) is 12.8 Å². The number of H-pyrrole nitrogens is 2. The van der Waals surface area contributed by atoms with Gasteiger partial charge in [-0.05, 0) is 35.4 Å². The molecule has 0 saturated heterocycles. The zero-order chi connectivity index (χ0) is 20.5. The summed E-state index contributed by atoms with van der Waals surface area (Å²) in [5, 5.41) is 9.61. The molecule has 2 aromatic carbocycles. The molecule has 3 rings (SSSR count). The van der Waals surface area contributed by atoms with Crippen molar-refractivity contribution in [3.63, 3.8) is 0 Å². The largest absolute Gasteiger partial charge is 0.489 e. The van der Waals surface area contributed by atoms with E-state index in [0.717, 1.165) is 16.9 Å². The van der Waals surface area contributed by atoms with Gasteiger partial charge in [-0.1, -0.05) is 30.3 Å². The number of hydrogen-bond acceptors (Lipinski definition) is 6. The van der Waals surface area contributed by atoms with E-state index in [0.29, 0.717) is 6.61 Å². The van der Waals surface area contributed by atoms with E-state index in [1.807, 2.05) is 59.6 Å². The van der Waals surface area contributed by atoms with E-state index in [9.17, 15) is 14.4 Å². The summed E-state index contributed by atoms with van der Waals surface area (Å²) < 4.78 is 5.71. The van der Waals surface area contributed by atoms with Crippen molar-refractivity contribution in [2.24, 2.45) is 5.10 Å². The van der Waals surface area contributed by atoms with Crippen LogP contribution in [0.25, 0.3) is 0 Å². The Bertz CT molecular complexity index is 1090. The Morgan fingerprint density at radius 1 is 1.10 bits per heavy atom. The summed E-state index contributed by atoms with van der Waals surface area (Å²) in [7, 11) is 0. The Kier molecular flexibility index (Phi) is 6.66. The first-order valence-electron chi connectivity index (χ1n) is 8.87. The first-order valence-corrected chi connectivity index (χ1v) is 8.87. The summed E-state index contributed by atoms with van der Waals surface area (Å²) in [6.07, 6.45) is 1.59. The number of ether oxygens (including phenoxy) is 1. The van der Waals surface area contributed by atoms with Crippen LogP contribution >= 0.6 is 0 Å². The van der Waals surface area contributed by atoms with E-state index >= 15 is 0 Å². The van der Waals surface area contributed by atoms with Crippen molar-refractivity contribution >= 4 is 12.1 Å². The van der Waals surface area contributed by atoms with E-state index in [2.05, 4.69) is 20.7 Å². The Hall–Kier alpha value is -4.01. The third-order valence-electron chi connectivity index (χ3n) is 3.90. The van der Waals surface area contributed by atoms with Gasteiger partial charge in [-0.15, -0.1) is 0 Å². The molecule has 0 saturated carbocycles. The molecular formula is C20H19N5O4. The third-order valence-corrected chi connectivity index (χ3v) is 3.90. The molecule has 3 N–H and O–H groups in total. The molecule has 0 bridgehead atoms. The maximum atomic E-state index is 11.8. The summed E-state index contributed by atoms with van der Waals surface area (Å²) >= 11 is 0. The average Bonchev–Trinajstić information content (AvgIpc) is 2.73. The second-order valence-corrected chi connectivity index (χ2v) is 6.09. The van der Waals surface area contributed by atoms with E-state index in [1.165, 1.54) is 6.21 Å². The number of amides is 1. The molecule has 9 heteroatoms. The number of carbonyl (C=O) groups is 1. The predicted molar refractivity (Wildman–Crippen MR) is 107 cm³/mol. The molecule has 0 aliphatic rings. The molecule has 148 valence electrons. The van der Waals surface area contributed by atoms with E-state index in [1.54, 1.807) is 0 Å². The highest BCUT2D eigenvalue weighted by Crippen LogP contribution is 2.13. The molecule has 1 amide bonds. The van der Waals surface area contributed by atoms with Crippen molar-refractivity contribution in [2.75, 3.05) is 0 Å². The minimum atomic E-state index is -0.690. The maximum absolute atomic E-state index is 11.8. The zero-order valence-corrected chi connectivity index (χ0v) is 15.4. The van der Waals surface area contributed by atoms with Gasteiger partial charge in [0.25, 0.3) is 5.56 Å². The summed E-state index contributed by atoms with van der Waals surface area (Å²) in [6, 6.07) is 17.1. The molecular weight excluding hydrogens is 374 g/mol. The summed E-state index contributed by atoms with van der Waals surface area (Å²) in [6.45, 7) is 0.483. The Morgan fingerprint density at radius 3 is 2.59 bits per heavy atom. The van der Waals surface area contributed by atoms with Crippen LogP contribution < -0.4 is 21.4 Å². The lowest BCUT2D eigenvalue weighted by molar-refractivity contribution is -0.121. The van der Waals surface area contributed by atoms with Gasteiger partial charge >= 0.3 is 5.69 Å². The van der Waals surface area contributed by atoms with Gasteiger partial charge in [0.1, 0.15) is 18.1 Å². The van der Waals surface area contributed by atoms with Crippen LogP contribution in [0.2, 0.25) is 0 Å². The minimum absolute atomic E-state index is 0.00568. The smallest absolute Gasteiger partial charge is 0.342 e. The highest BCUT2D eigenvalue weighted by atomic mass is 16.5. The maximum Gasteiger partial charge on any atom is 0.342 e. The van der Waals surface area contributed by atoms with Crippen molar-refractivity contribution in [3.8, 4) is 5.75 Å². The number of benzene rings is 2.